The molecule has 0 aliphatic carbocycles. The van der Waals surface area contributed by atoms with Crippen molar-refractivity contribution in [2.24, 2.45) is 0 Å². The van der Waals surface area contributed by atoms with Gasteiger partial charge in [0, 0.05) is 25.3 Å². The monoisotopic (exact) mass is 532 g/mol. The average Bonchev–Trinajstić information content (AvgIpc) is 3.30. The lowest BCUT2D eigenvalue weighted by Gasteiger charge is -2.29. The lowest BCUT2D eigenvalue weighted by molar-refractivity contribution is -0.127. The summed E-state index contributed by atoms with van der Waals surface area (Å²) in [6.07, 6.45) is 4.23. The molecule has 15 heteroatoms. The molecule has 4 heterocycles. The molecule has 1 aliphatic rings. The second-order valence-electron chi connectivity index (χ2n) is 8.20. The molecular weight excluding hydrogens is 507 g/mol. The van der Waals surface area contributed by atoms with Gasteiger partial charge in [-0.15, -0.1) is 10.2 Å². The fourth-order valence-corrected chi connectivity index (χ4v) is 4.98. The van der Waals surface area contributed by atoms with Gasteiger partial charge >= 0.3 is 0 Å². The second kappa shape index (κ2) is 10.6. The van der Waals surface area contributed by atoms with Crippen molar-refractivity contribution in [1.82, 2.24) is 35.0 Å². The molecule has 0 spiro atoms. The predicted octanol–water partition coefficient (Wildman–Crippen LogP) is 1.41. The van der Waals surface area contributed by atoms with Crippen LogP contribution >= 0.6 is 0 Å². The number of carbonyl (C=O) groups is 1. The first-order chi connectivity index (χ1) is 17.7. The first kappa shape index (κ1) is 26.1. The van der Waals surface area contributed by atoms with Crippen LogP contribution in [0.15, 0.2) is 42.9 Å². The average molecular weight is 533 g/mol. The summed E-state index contributed by atoms with van der Waals surface area (Å²) in [4.78, 5) is 25.1. The molecule has 0 radical (unpaired) electrons. The number of halogens is 1. The Morgan fingerprint density at radius 2 is 1.89 bits per heavy atom. The maximum absolute atomic E-state index is 13.4. The maximum atomic E-state index is 13.4. The largest absolute Gasteiger partial charge is 0.481 e. The zero-order chi connectivity index (χ0) is 26.7. The van der Waals surface area contributed by atoms with Crippen molar-refractivity contribution in [1.29, 1.82) is 0 Å². The smallest absolute Gasteiger partial charge is 0.250 e. The molecule has 37 heavy (non-hydrogen) atoms. The Hall–Kier alpha value is -3.98. The number of pyridine rings is 1. The van der Waals surface area contributed by atoms with E-state index in [4.69, 9.17) is 9.47 Å². The molecule has 0 bridgehead atoms. The highest BCUT2D eigenvalue weighted by molar-refractivity contribution is 7.93. The van der Waals surface area contributed by atoms with Gasteiger partial charge in [0.2, 0.25) is 27.8 Å². The normalized spacial score (nSPS) is 19.2. The molecule has 2 N–H and O–H groups in total. The summed E-state index contributed by atoms with van der Waals surface area (Å²) in [5, 5.41) is 9.71. The van der Waals surface area contributed by atoms with Crippen LogP contribution < -0.4 is 14.8 Å². The molecule has 4 atom stereocenters. The first-order valence-electron chi connectivity index (χ1n) is 11.1. The highest BCUT2D eigenvalue weighted by Gasteiger charge is 2.38. The number of nitrogens with zero attached hydrogens (tertiary/aromatic N) is 6. The number of rotatable bonds is 9. The van der Waals surface area contributed by atoms with Crippen LogP contribution in [0.1, 0.15) is 31.6 Å². The first-order valence-corrected chi connectivity index (χ1v) is 12.7. The van der Waals surface area contributed by atoms with Gasteiger partial charge in [-0.1, -0.05) is 13.0 Å². The molecule has 0 saturated carbocycles. The highest BCUT2D eigenvalue weighted by Crippen LogP contribution is 2.31. The molecule has 3 aromatic rings. The van der Waals surface area contributed by atoms with Gasteiger partial charge in [0.1, 0.15) is 23.7 Å². The summed E-state index contributed by atoms with van der Waals surface area (Å²) in [6, 6.07) is 3.85. The summed E-state index contributed by atoms with van der Waals surface area (Å²) in [7, 11) is -1.27. The Balaban J connectivity index is 1.77. The molecule has 1 aliphatic heterocycles. The van der Waals surface area contributed by atoms with Crippen molar-refractivity contribution < 1.29 is 27.1 Å². The predicted molar refractivity (Wildman–Crippen MR) is 129 cm³/mol. The number of sulfonamides is 1. The minimum atomic E-state index is -4.14. The lowest BCUT2D eigenvalue weighted by Crippen LogP contribution is -2.42. The van der Waals surface area contributed by atoms with Gasteiger partial charge in [0.05, 0.1) is 24.8 Å². The Kier molecular flexibility index (Phi) is 7.45. The van der Waals surface area contributed by atoms with Gasteiger partial charge in [-0.2, -0.15) is 0 Å². The van der Waals surface area contributed by atoms with Crippen LogP contribution in [0, 0.1) is 5.82 Å². The molecule has 0 fully saturated rings. The van der Waals surface area contributed by atoms with Gasteiger partial charge in [0.25, 0.3) is 0 Å². The third-order valence-corrected chi connectivity index (χ3v) is 7.83. The Morgan fingerprint density at radius 1 is 1.16 bits per heavy atom. The van der Waals surface area contributed by atoms with Crippen molar-refractivity contribution in [3.63, 3.8) is 0 Å². The molecule has 0 aromatic carbocycles. The molecule has 196 valence electrons. The van der Waals surface area contributed by atoms with Crippen LogP contribution in [0.3, 0.4) is 0 Å². The van der Waals surface area contributed by atoms with Gasteiger partial charge in [-0.3, -0.25) is 14.1 Å². The van der Waals surface area contributed by atoms with Gasteiger partial charge < -0.3 is 14.8 Å². The maximum Gasteiger partial charge on any atom is 0.250 e. The molecular formula is C22H25FN8O5S. The van der Waals surface area contributed by atoms with E-state index in [1.807, 2.05) is 0 Å². The minimum absolute atomic E-state index is 0.108. The standard InChI is InChI=1S/C22H25FN8O5S/c1-12(19-25-10-14(23)11-26-19)13(2)37(33,34)30-22-29-28-20(15-6-5-7-17(27-15)36-4)31(22)18-16(35-3)8-9-24-21(18)32/h5-13,16,18H,1-4H3,(H,24,32)(H,29,30)/t12-,13-,16?,18?/m0/s1. The SMILES string of the molecule is COc1cccc(-c2nnc(NS(=O)(=O)[C@@H](C)[C@H](C)c3ncc(F)cn3)n2C2C(=O)NC=CC2OC)n1. The van der Waals surface area contributed by atoms with Gasteiger partial charge in [0.15, 0.2) is 11.6 Å². The topological polar surface area (TPSA) is 163 Å². The number of ether oxygens (including phenoxy) is 2. The fraction of sp³-hybridized carbons (Fsp3) is 0.364. The van der Waals surface area contributed by atoms with Crippen molar-refractivity contribution in [3.05, 3.63) is 54.5 Å². The Bertz CT molecular complexity index is 1410. The summed E-state index contributed by atoms with van der Waals surface area (Å²) in [6.45, 7) is 3.06. The van der Waals surface area contributed by atoms with Crippen molar-refractivity contribution in [2.75, 3.05) is 18.9 Å². The van der Waals surface area contributed by atoms with Crippen molar-refractivity contribution in [2.45, 2.75) is 37.2 Å². The van der Waals surface area contributed by atoms with Crippen LogP contribution in [0.5, 0.6) is 5.88 Å². The molecule has 1 amide bonds. The highest BCUT2D eigenvalue weighted by atomic mass is 32.2. The van der Waals surface area contributed by atoms with Crippen LogP contribution in [0.4, 0.5) is 10.3 Å². The van der Waals surface area contributed by atoms with E-state index in [0.29, 0.717) is 0 Å². The number of aromatic nitrogens is 6. The van der Waals surface area contributed by atoms with E-state index in [1.165, 1.54) is 31.9 Å². The number of hydrogen-bond acceptors (Lipinski definition) is 10. The number of anilines is 1. The van der Waals surface area contributed by atoms with Crippen LogP contribution in [0.2, 0.25) is 0 Å². The van der Waals surface area contributed by atoms with E-state index in [1.54, 1.807) is 31.2 Å². The van der Waals surface area contributed by atoms with Crippen molar-refractivity contribution >= 4 is 21.9 Å². The quantitative estimate of drug-likeness (QED) is 0.412. The van der Waals surface area contributed by atoms with Gasteiger partial charge in [-0.25, -0.2) is 27.8 Å². The Morgan fingerprint density at radius 3 is 2.57 bits per heavy atom. The van der Waals surface area contributed by atoms with E-state index >= 15 is 0 Å². The van der Waals surface area contributed by atoms with E-state index in [2.05, 4.69) is 35.2 Å². The molecule has 2 unspecified atom stereocenters. The number of methoxy groups -OCH3 is 2. The fourth-order valence-electron chi connectivity index (χ4n) is 3.74. The third-order valence-electron chi connectivity index (χ3n) is 5.97. The van der Waals surface area contributed by atoms with E-state index in [0.717, 1.165) is 12.4 Å². The number of carbonyl (C=O) groups excluding carboxylic acids is 1. The summed E-state index contributed by atoms with van der Waals surface area (Å²) in [5.41, 5.74) is 0.288. The van der Waals surface area contributed by atoms with Gasteiger partial charge in [-0.05, 0) is 19.1 Å². The van der Waals surface area contributed by atoms with E-state index in [-0.39, 0.29) is 29.2 Å². The van der Waals surface area contributed by atoms with Crippen LogP contribution in [-0.2, 0) is 19.6 Å². The van der Waals surface area contributed by atoms with E-state index in [9.17, 15) is 17.6 Å². The molecule has 13 nitrogen and oxygen atoms in total. The lowest BCUT2D eigenvalue weighted by atomic mass is 10.1. The van der Waals surface area contributed by atoms with Crippen molar-refractivity contribution in [3.8, 4) is 17.4 Å². The minimum Gasteiger partial charge on any atom is -0.481 e. The molecule has 4 rings (SSSR count). The Labute approximate surface area is 212 Å². The van der Waals surface area contributed by atoms with Crippen LogP contribution in [0.25, 0.3) is 11.5 Å². The molecule has 0 saturated heterocycles. The summed E-state index contributed by atoms with van der Waals surface area (Å²) in [5.74, 6) is -1.50. The zero-order valence-corrected chi connectivity index (χ0v) is 21.2. The summed E-state index contributed by atoms with van der Waals surface area (Å²) >= 11 is 0. The summed E-state index contributed by atoms with van der Waals surface area (Å²) < 4.78 is 54.5. The third kappa shape index (κ3) is 5.27. The van der Waals surface area contributed by atoms with E-state index < -0.39 is 45.1 Å². The second-order valence-corrected chi connectivity index (χ2v) is 10.2. The number of nitrogens with one attached hydrogen (secondary N) is 2. The zero-order valence-electron chi connectivity index (χ0n) is 20.4. The number of amides is 1. The molecule has 3 aromatic heterocycles. The number of hydrogen-bond donors (Lipinski definition) is 2. The van der Waals surface area contributed by atoms with Crippen LogP contribution in [-0.4, -0.2) is 69.6 Å².